The smallest absolute Gasteiger partial charge is 0.339 e. The third-order valence-corrected chi connectivity index (χ3v) is 2.43. The summed E-state index contributed by atoms with van der Waals surface area (Å²) in [5.41, 5.74) is -0.141. The normalized spacial score (nSPS) is 11.9. The highest BCUT2D eigenvalue weighted by Crippen LogP contribution is 2.03. The lowest BCUT2D eigenvalue weighted by Gasteiger charge is -2.11. The molecule has 1 aromatic rings. The highest BCUT2D eigenvalue weighted by atomic mass is 16.5. The van der Waals surface area contributed by atoms with Gasteiger partial charge < -0.3 is 9.30 Å². The van der Waals surface area contributed by atoms with E-state index in [1.54, 1.807) is 14.0 Å². The van der Waals surface area contributed by atoms with Crippen LogP contribution in [0.3, 0.4) is 0 Å². The van der Waals surface area contributed by atoms with Crippen molar-refractivity contribution in [1.82, 2.24) is 4.57 Å². The zero-order valence-electron chi connectivity index (χ0n) is 10.1. The molecule has 1 aromatic heterocycles. The minimum absolute atomic E-state index is 0.151. The Morgan fingerprint density at radius 3 is 2.65 bits per heavy atom. The number of hydrogen-bond donors (Lipinski definition) is 0. The summed E-state index contributed by atoms with van der Waals surface area (Å²) in [6, 6.07) is 2.67. The Balaban J connectivity index is 2.80. The summed E-state index contributed by atoms with van der Waals surface area (Å²) in [5.74, 6) is -0.806. The summed E-state index contributed by atoms with van der Waals surface area (Å²) in [6.07, 6.45) is 1.01. The Bertz CT molecular complexity index is 490. The number of carbonyl (C=O) groups excluding carboxylic acids is 2. The van der Waals surface area contributed by atoms with E-state index < -0.39 is 12.1 Å². The molecular formula is C12H15NO4. The maximum atomic E-state index is 11.6. The molecule has 92 valence electrons. The van der Waals surface area contributed by atoms with E-state index in [0.29, 0.717) is 6.42 Å². The van der Waals surface area contributed by atoms with Crippen LogP contribution in [0.4, 0.5) is 0 Å². The van der Waals surface area contributed by atoms with Gasteiger partial charge in [0.25, 0.3) is 5.56 Å². The fourth-order valence-electron chi connectivity index (χ4n) is 1.26. The zero-order chi connectivity index (χ0) is 13.0. The first-order valence-electron chi connectivity index (χ1n) is 5.36. The molecule has 0 aliphatic heterocycles. The van der Waals surface area contributed by atoms with Gasteiger partial charge in [-0.15, -0.1) is 0 Å². The van der Waals surface area contributed by atoms with Gasteiger partial charge in [-0.05, 0) is 13.0 Å². The molecule has 1 atom stereocenters. The molecule has 0 aliphatic carbocycles. The fraction of sp³-hybridized carbons (Fsp3) is 0.417. The van der Waals surface area contributed by atoms with Gasteiger partial charge in [-0.2, -0.15) is 0 Å². The van der Waals surface area contributed by atoms with Crippen molar-refractivity contribution >= 4 is 11.8 Å². The SMILES string of the molecule is CCC(=O)[C@@H](C)OC(=O)c1ccn(C)c(=O)c1. The topological polar surface area (TPSA) is 65.4 Å². The number of esters is 1. The number of carbonyl (C=O) groups is 2. The molecule has 5 nitrogen and oxygen atoms in total. The fourth-order valence-corrected chi connectivity index (χ4v) is 1.26. The monoisotopic (exact) mass is 237 g/mol. The molecule has 0 fully saturated rings. The molecule has 1 rings (SSSR count). The number of ketones is 1. The van der Waals surface area contributed by atoms with Crippen LogP contribution in [0.5, 0.6) is 0 Å². The molecular weight excluding hydrogens is 222 g/mol. The van der Waals surface area contributed by atoms with Gasteiger partial charge in [-0.25, -0.2) is 4.79 Å². The lowest BCUT2D eigenvalue weighted by molar-refractivity contribution is -0.126. The number of rotatable bonds is 4. The van der Waals surface area contributed by atoms with Crippen LogP contribution >= 0.6 is 0 Å². The van der Waals surface area contributed by atoms with E-state index in [9.17, 15) is 14.4 Å². The third-order valence-electron chi connectivity index (χ3n) is 2.43. The molecule has 0 saturated heterocycles. The number of aryl methyl sites for hydroxylation is 1. The Morgan fingerprint density at radius 2 is 2.12 bits per heavy atom. The predicted octanol–water partition coefficient (Wildman–Crippen LogP) is 0.910. The average molecular weight is 237 g/mol. The van der Waals surface area contributed by atoms with Crippen LogP contribution in [0.1, 0.15) is 30.6 Å². The molecule has 0 N–H and O–H groups in total. The lowest BCUT2D eigenvalue weighted by Crippen LogP contribution is -2.25. The lowest BCUT2D eigenvalue weighted by atomic mass is 10.2. The van der Waals surface area contributed by atoms with Crippen LogP contribution in [-0.2, 0) is 16.6 Å². The molecule has 0 saturated carbocycles. The number of ether oxygens (including phenoxy) is 1. The van der Waals surface area contributed by atoms with Crippen LogP contribution in [-0.4, -0.2) is 22.4 Å². The molecule has 0 unspecified atom stereocenters. The van der Waals surface area contributed by atoms with E-state index in [2.05, 4.69) is 0 Å². The van der Waals surface area contributed by atoms with Crippen LogP contribution in [0.2, 0.25) is 0 Å². The summed E-state index contributed by atoms with van der Waals surface area (Å²) in [4.78, 5) is 34.2. The van der Waals surface area contributed by atoms with E-state index >= 15 is 0 Å². The van der Waals surface area contributed by atoms with Crippen molar-refractivity contribution in [1.29, 1.82) is 0 Å². The maximum Gasteiger partial charge on any atom is 0.339 e. The van der Waals surface area contributed by atoms with Gasteiger partial charge in [0.2, 0.25) is 0 Å². The zero-order valence-corrected chi connectivity index (χ0v) is 10.1. The molecule has 1 heterocycles. The van der Waals surface area contributed by atoms with E-state index in [1.807, 2.05) is 0 Å². The minimum atomic E-state index is -0.781. The van der Waals surface area contributed by atoms with Gasteiger partial charge in [-0.1, -0.05) is 6.92 Å². The van der Waals surface area contributed by atoms with E-state index in [4.69, 9.17) is 4.74 Å². The van der Waals surface area contributed by atoms with E-state index in [1.165, 1.54) is 29.8 Å². The number of nitrogens with zero attached hydrogens (tertiary/aromatic N) is 1. The van der Waals surface area contributed by atoms with Gasteiger partial charge in [0.05, 0.1) is 5.56 Å². The Morgan fingerprint density at radius 1 is 1.47 bits per heavy atom. The van der Waals surface area contributed by atoms with Gasteiger partial charge in [0, 0.05) is 25.7 Å². The van der Waals surface area contributed by atoms with Crippen molar-refractivity contribution in [3.05, 3.63) is 34.2 Å². The van der Waals surface area contributed by atoms with Crippen LogP contribution in [0, 0.1) is 0 Å². The molecule has 0 spiro atoms. The average Bonchev–Trinajstić information content (AvgIpc) is 2.31. The van der Waals surface area contributed by atoms with Crippen molar-refractivity contribution in [3.8, 4) is 0 Å². The van der Waals surface area contributed by atoms with Crippen molar-refractivity contribution < 1.29 is 14.3 Å². The summed E-state index contributed by atoms with van der Waals surface area (Å²) in [6.45, 7) is 3.22. The number of hydrogen-bond acceptors (Lipinski definition) is 4. The summed E-state index contributed by atoms with van der Waals surface area (Å²) < 4.78 is 6.29. The number of pyridine rings is 1. The van der Waals surface area contributed by atoms with Gasteiger partial charge in [-0.3, -0.25) is 9.59 Å². The minimum Gasteiger partial charge on any atom is -0.451 e. The van der Waals surface area contributed by atoms with Crippen LogP contribution < -0.4 is 5.56 Å². The molecule has 0 aliphatic rings. The van der Waals surface area contributed by atoms with Gasteiger partial charge >= 0.3 is 5.97 Å². The maximum absolute atomic E-state index is 11.6. The molecule has 0 bridgehead atoms. The molecule has 17 heavy (non-hydrogen) atoms. The summed E-state index contributed by atoms with van der Waals surface area (Å²) >= 11 is 0. The second kappa shape index (κ2) is 5.43. The molecule has 0 amide bonds. The molecule has 5 heteroatoms. The largest absolute Gasteiger partial charge is 0.451 e. The van der Waals surface area contributed by atoms with Gasteiger partial charge in [0.1, 0.15) is 0 Å². The van der Waals surface area contributed by atoms with Crippen LogP contribution in [0.15, 0.2) is 23.1 Å². The van der Waals surface area contributed by atoms with Crippen molar-refractivity contribution in [2.75, 3.05) is 0 Å². The standard InChI is InChI=1S/C12H15NO4/c1-4-10(14)8(2)17-12(16)9-5-6-13(3)11(15)7-9/h5-8H,4H2,1-3H3/t8-/m1/s1. The Labute approximate surface area is 99.0 Å². The Kier molecular flexibility index (Phi) is 4.20. The first kappa shape index (κ1) is 13.2. The van der Waals surface area contributed by atoms with Crippen molar-refractivity contribution in [2.24, 2.45) is 7.05 Å². The molecule has 0 radical (unpaired) electrons. The highest BCUT2D eigenvalue weighted by Gasteiger charge is 2.17. The third kappa shape index (κ3) is 3.27. The first-order valence-corrected chi connectivity index (χ1v) is 5.36. The summed E-state index contributed by atoms with van der Waals surface area (Å²) in [5, 5.41) is 0. The van der Waals surface area contributed by atoms with Gasteiger partial charge in [0.15, 0.2) is 11.9 Å². The summed E-state index contributed by atoms with van der Waals surface area (Å²) in [7, 11) is 1.58. The number of aromatic nitrogens is 1. The number of Topliss-reactive ketones (excluding diaryl/α,β-unsaturated/α-hetero) is 1. The predicted molar refractivity (Wildman–Crippen MR) is 61.9 cm³/mol. The van der Waals surface area contributed by atoms with Crippen molar-refractivity contribution in [2.45, 2.75) is 26.4 Å². The second-order valence-corrected chi connectivity index (χ2v) is 3.73. The molecule has 0 aromatic carbocycles. The van der Waals surface area contributed by atoms with Crippen LogP contribution in [0.25, 0.3) is 0 Å². The highest BCUT2D eigenvalue weighted by molar-refractivity contribution is 5.92. The van der Waals surface area contributed by atoms with E-state index in [0.717, 1.165) is 0 Å². The van der Waals surface area contributed by atoms with E-state index in [-0.39, 0.29) is 16.9 Å². The van der Waals surface area contributed by atoms with Crippen molar-refractivity contribution in [3.63, 3.8) is 0 Å². The first-order chi connectivity index (χ1) is 7.95. The Hall–Kier alpha value is -1.91. The quantitative estimate of drug-likeness (QED) is 0.730. The second-order valence-electron chi connectivity index (χ2n) is 3.73.